The fraction of sp³-hybridized carbons (Fsp3) is 0.0500. The molecule has 0 saturated carbocycles. The first-order chi connectivity index (χ1) is 13.4. The molecule has 0 amide bonds. The second kappa shape index (κ2) is 7.09. The van der Waals surface area contributed by atoms with E-state index in [1.54, 1.807) is 12.1 Å². The van der Waals surface area contributed by atoms with Crippen molar-refractivity contribution in [3.63, 3.8) is 0 Å². The van der Waals surface area contributed by atoms with Crippen molar-refractivity contribution in [3.05, 3.63) is 77.7 Å². The number of anilines is 2. The Morgan fingerprint density at radius 2 is 1.68 bits per heavy atom. The molecule has 0 fully saturated rings. The monoisotopic (exact) mass is 400 g/mol. The summed E-state index contributed by atoms with van der Waals surface area (Å²) in [5.41, 5.74) is 1.74. The maximum atomic E-state index is 12.7. The minimum Gasteiger partial charge on any atom is -0.338 e. The van der Waals surface area contributed by atoms with Crippen molar-refractivity contribution in [2.75, 3.05) is 5.32 Å². The average molecular weight is 401 g/mol. The van der Waals surface area contributed by atoms with Crippen LogP contribution < -0.4 is 5.32 Å². The summed E-state index contributed by atoms with van der Waals surface area (Å²) >= 11 is 6.00. The number of hydrogen-bond donors (Lipinski definition) is 1. The number of nitrogens with one attached hydrogen (secondary N) is 1. The van der Waals surface area contributed by atoms with Gasteiger partial charge < -0.3 is 5.32 Å². The molecule has 2 aromatic carbocycles. The van der Waals surface area contributed by atoms with Gasteiger partial charge in [-0.05, 0) is 30.3 Å². The summed E-state index contributed by atoms with van der Waals surface area (Å²) in [5.74, 6) is 0.485. The molecule has 28 heavy (non-hydrogen) atoms. The van der Waals surface area contributed by atoms with E-state index in [0.717, 1.165) is 17.5 Å². The van der Waals surface area contributed by atoms with Crippen LogP contribution in [0.5, 0.6) is 0 Å². The minimum atomic E-state index is -4.38. The first-order valence-corrected chi connectivity index (χ1v) is 8.60. The van der Waals surface area contributed by atoms with Gasteiger partial charge >= 0.3 is 6.18 Å². The molecule has 0 unspecified atom stereocenters. The fourth-order valence-electron chi connectivity index (χ4n) is 2.78. The number of aromatic nitrogens is 3. The third-order valence-corrected chi connectivity index (χ3v) is 4.33. The summed E-state index contributed by atoms with van der Waals surface area (Å²) in [6, 6.07) is 15.7. The van der Waals surface area contributed by atoms with Crippen molar-refractivity contribution >= 4 is 34.0 Å². The van der Waals surface area contributed by atoms with E-state index in [1.165, 1.54) is 18.5 Å². The molecule has 2 aromatic heterocycles. The van der Waals surface area contributed by atoms with Crippen LogP contribution in [0.2, 0.25) is 5.15 Å². The Labute approximate surface area is 163 Å². The molecule has 8 heteroatoms. The molecule has 1 N–H and O–H groups in total. The van der Waals surface area contributed by atoms with Gasteiger partial charge in [-0.2, -0.15) is 13.2 Å². The number of fused-ring (bicyclic) bond motifs is 1. The standard InChI is InChI=1S/C20H12ClF3N4/c21-17-9-6-13-2-1-3-15(19(13)28-17)27-18-10-16(25-11-26-18)12-4-7-14(8-5-12)20(22,23)24/h1-11H,(H,25,26,27). The molecule has 4 rings (SSSR count). The van der Waals surface area contributed by atoms with Crippen molar-refractivity contribution < 1.29 is 13.2 Å². The fourth-order valence-corrected chi connectivity index (χ4v) is 2.92. The third-order valence-electron chi connectivity index (χ3n) is 4.12. The lowest BCUT2D eigenvalue weighted by atomic mass is 10.1. The molecule has 0 bridgehead atoms. The van der Waals surface area contributed by atoms with Crippen LogP contribution in [-0.2, 0) is 6.18 Å². The van der Waals surface area contributed by atoms with Gasteiger partial charge in [0, 0.05) is 17.0 Å². The lowest BCUT2D eigenvalue weighted by Crippen LogP contribution is -2.04. The van der Waals surface area contributed by atoms with Crippen molar-refractivity contribution in [1.29, 1.82) is 0 Å². The molecule has 0 aliphatic heterocycles. The zero-order valence-electron chi connectivity index (χ0n) is 14.2. The summed E-state index contributed by atoms with van der Waals surface area (Å²) in [6.45, 7) is 0. The number of pyridine rings is 1. The maximum absolute atomic E-state index is 12.7. The van der Waals surface area contributed by atoms with E-state index in [0.29, 0.717) is 33.4 Å². The number of para-hydroxylation sites is 1. The number of halogens is 4. The molecule has 0 aliphatic rings. The molecule has 4 aromatic rings. The molecule has 140 valence electrons. The quantitative estimate of drug-likeness (QED) is 0.422. The van der Waals surface area contributed by atoms with E-state index in [1.807, 2.05) is 24.3 Å². The Morgan fingerprint density at radius 3 is 2.43 bits per heavy atom. The van der Waals surface area contributed by atoms with Crippen LogP contribution >= 0.6 is 11.6 Å². The van der Waals surface area contributed by atoms with E-state index in [9.17, 15) is 13.2 Å². The van der Waals surface area contributed by atoms with Gasteiger partial charge in [-0.25, -0.2) is 15.0 Å². The Morgan fingerprint density at radius 1 is 0.893 bits per heavy atom. The topological polar surface area (TPSA) is 50.7 Å². The highest BCUT2D eigenvalue weighted by Gasteiger charge is 2.30. The summed E-state index contributed by atoms with van der Waals surface area (Å²) in [5, 5.41) is 4.45. The maximum Gasteiger partial charge on any atom is 0.416 e. The lowest BCUT2D eigenvalue weighted by Gasteiger charge is -2.10. The van der Waals surface area contributed by atoms with Gasteiger partial charge in [0.25, 0.3) is 0 Å². The van der Waals surface area contributed by atoms with Crippen molar-refractivity contribution in [2.24, 2.45) is 0 Å². The van der Waals surface area contributed by atoms with Gasteiger partial charge in [0.15, 0.2) is 0 Å². The number of hydrogen-bond acceptors (Lipinski definition) is 4. The van der Waals surface area contributed by atoms with Crippen LogP contribution in [0.25, 0.3) is 22.2 Å². The van der Waals surface area contributed by atoms with Crippen LogP contribution in [0.1, 0.15) is 5.56 Å². The van der Waals surface area contributed by atoms with Crippen molar-refractivity contribution in [1.82, 2.24) is 15.0 Å². The SMILES string of the molecule is FC(F)(F)c1ccc(-c2cc(Nc3cccc4ccc(Cl)nc34)ncn2)cc1. The third kappa shape index (κ3) is 3.75. The highest BCUT2D eigenvalue weighted by molar-refractivity contribution is 6.29. The highest BCUT2D eigenvalue weighted by atomic mass is 35.5. The smallest absolute Gasteiger partial charge is 0.338 e. The number of benzene rings is 2. The zero-order chi connectivity index (χ0) is 19.7. The van der Waals surface area contributed by atoms with Crippen LogP contribution in [0.3, 0.4) is 0 Å². The van der Waals surface area contributed by atoms with E-state index in [2.05, 4.69) is 20.3 Å². The molecule has 0 atom stereocenters. The Bertz CT molecular complexity index is 1140. The zero-order valence-corrected chi connectivity index (χ0v) is 15.0. The van der Waals surface area contributed by atoms with Gasteiger partial charge in [-0.1, -0.05) is 35.9 Å². The summed E-state index contributed by atoms with van der Waals surface area (Å²) in [4.78, 5) is 12.7. The Hall–Kier alpha value is -3.19. The largest absolute Gasteiger partial charge is 0.416 e. The normalized spacial score (nSPS) is 11.6. The van der Waals surface area contributed by atoms with Crippen LogP contribution in [0.4, 0.5) is 24.7 Å². The summed E-state index contributed by atoms with van der Waals surface area (Å²) in [6.07, 6.45) is -3.03. The average Bonchev–Trinajstić information content (AvgIpc) is 2.68. The summed E-state index contributed by atoms with van der Waals surface area (Å²) < 4.78 is 38.2. The van der Waals surface area contributed by atoms with Crippen LogP contribution in [-0.4, -0.2) is 15.0 Å². The van der Waals surface area contributed by atoms with E-state index in [4.69, 9.17) is 11.6 Å². The Balaban J connectivity index is 1.66. The molecule has 2 heterocycles. The second-order valence-electron chi connectivity index (χ2n) is 6.00. The molecular formula is C20H12ClF3N4. The van der Waals surface area contributed by atoms with Gasteiger partial charge in [-0.15, -0.1) is 0 Å². The number of rotatable bonds is 3. The van der Waals surface area contributed by atoms with Gasteiger partial charge in [0.1, 0.15) is 17.3 Å². The van der Waals surface area contributed by atoms with Crippen molar-refractivity contribution in [2.45, 2.75) is 6.18 Å². The molecule has 0 radical (unpaired) electrons. The molecular weight excluding hydrogens is 389 g/mol. The first kappa shape index (κ1) is 18.2. The van der Waals surface area contributed by atoms with Gasteiger partial charge in [-0.3, -0.25) is 0 Å². The number of nitrogens with zero attached hydrogens (tertiary/aromatic N) is 3. The van der Waals surface area contributed by atoms with Gasteiger partial charge in [0.05, 0.1) is 22.5 Å². The predicted octanol–water partition coefficient (Wildman–Crippen LogP) is 6.11. The summed E-state index contributed by atoms with van der Waals surface area (Å²) in [7, 11) is 0. The Kier molecular flexibility index (Phi) is 4.60. The molecule has 0 saturated heterocycles. The number of alkyl halides is 3. The second-order valence-corrected chi connectivity index (χ2v) is 6.39. The van der Waals surface area contributed by atoms with Crippen LogP contribution in [0.15, 0.2) is 67.0 Å². The molecule has 0 spiro atoms. The highest BCUT2D eigenvalue weighted by Crippen LogP contribution is 2.31. The molecule has 0 aliphatic carbocycles. The molecule has 4 nitrogen and oxygen atoms in total. The van der Waals surface area contributed by atoms with E-state index in [-0.39, 0.29) is 0 Å². The van der Waals surface area contributed by atoms with Crippen LogP contribution in [0, 0.1) is 0 Å². The first-order valence-electron chi connectivity index (χ1n) is 8.22. The van der Waals surface area contributed by atoms with E-state index >= 15 is 0 Å². The van der Waals surface area contributed by atoms with Crippen molar-refractivity contribution in [3.8, 4) is 11.3 Å². The minimum absolute atomic E-state index is 0.370. The van der Waals surface area contributed by atoms with E-state index < -0.39 is 11.7 Å². The predicted molar refractivity (Wildman–Crippen MR) is 103 cm³/mol. The van der Waals surface area contributed by atoms with Gasteiger partial charge in [0.2, 0.25) is 0 Å². The lowest BCUT2D eigenvalue weighted by molar-refractivity contribution is -0.137.